The SMILES string of the molecule is O=C1C[C@H]([NH+]2CCC3(CC2)C(=O)NCN3c2ccccc2)C(=O)N1Cc1ccccc1. The number of rotatable bonds is 4. The van der Waals surface area contributed by atoms with Crippen LogP contribution in [0.4, 0.5) is 5.69 Å². The van der Waals surface area contributed by atoms with Gasteiger partial charge in [0, 0.05) is 18.5 Å². The predicted molar refractivity (Wildman–Crippen MR) is 115 cm³/mol. The van der Waals surface area contributed by atoms with Crippen LogP contribution in [0, 0.1) is 0 Å². The van der Waals surface area contributed by atoms with Crippen molar-refractivity contribution in [1.29, 1.82) is 0 Å². The van der Waals surface area contributed by atoms with Gasteiger partial charge < -0.3 is 15.1 Å². The van der Waals surface area contributed by atoms with E-state index in [-0.39, 0.29) is 30.2 Å². The molecule has 0 bridgehead atoms. The number of anilines is 1. The number of benzene rings is 2. The van der Waals surface area contributed by atoms with Gasteiger partial charge >= 0.3 is 0 Å². The number of hydrogen-bond acceptors (Lipinski definition) is 4. The van der Waals surface area contributed by atoms with Crippen LogP contribution >= 0.6 is 0 Å². The van der Waals surface area contributed by atoms with Gasteiger partial charge in [0.25, 0.3) is 5.91 Å². The van der Waals surface area contributed by atoms with Crippen LogP contribution in [0.25, 0.3) is 0 Å². The number of imide groups is 1. The predicted octanol–water partition coefficient (Wildman–Crippen LogP) is 0.326. The van der Waals surface area contributed by atoms with E-state index in [4.69, 9.17) is 0 Å². The first-order valence-electron chi connectivity index (χ1n) is 10.9. The number of piperidine rings is 1. The summed E-state index contributed by atoms with van der Waals surface area (Å²) in [6.07, 6.45) is 1.59. The van der Waals surface area contributed by atoms with E-state index >= 15 is 0 Å². The Balaban J connectivity index is 1.29. The van der Waals surface area contributed by atoms with Gasteiger partial charge in [0.2, 0.25) is 11.8 Å². The zero-order chi connectivity index (χ0) is 21.4. The van der Waals surface area contributed by atoms with Crippen molar-refractivity contribution in [3.05, 3.63) is 66.2 Å². The average Bonchev–Trinajstić information content (AvgIpc) is 3.27. The molecular weight excluding hydrogens is 392 g/mol. The zero-order valence-electron chi connectivity index (χ0n) is 17.4. The first-order valence-corrected chi connectivity index (χ1v) is 10.9. The molecule has 0 aromatic heterocycles. The van der Waals surface area contributed by atoms with Crippen LogP contribution in [-0.4, -0.2) is 54.0 Å². The highest BCUT2D eigenvalue weighted by molar-refractivity contribution is 6.04. The number of hydrogen-bond donors (Lipinski definition) is 2. The van der Waals surface area contributed by atoms with Crippen molar-refractivity contribution in [3.8, 4) is 0 Å². The summed E-state index contributed by atoms with van der Waals surface area (Å²) in [7, 11) is 0. The second-order valence-corrected chi connectivity index (χ2v) is 8.68. The Hall–Kier alpha value is -3.19. The topological polar surface area (TPSA) is 74.2 Å². The monoisotopic (exact) mass is 419 g/mol. The van der Waals surface area contributed by atoms with Crippen LogP contribution < -0.4 is 15.1 Å². The van der Waals surface area contributed by atoms with Crippen molar-refractivity contribution in [1.82, 2.24) is 10.2 Å². The van der Waals surface area contributed by atoms with Crippen molar-refractivity contribution >= 4 is 23.4 Å². The summed E-state index contributed by atoms with van der Waals surface area (Å²) < 4.78 is 0. The fourth-order valence-corrected chi connectivity index (χ4v) is 5.30. The number of carbonyl (C=O) groups excluding carboxylic acids is 3. The van der Waals surface area contributed by atoms with Gasteiger partial charge in [-0.3, -0.25) is 19.3 Å². The van der Waals surface area contributed by atoms with Gasteiger partial charge in [0.05, 0.1) is 32.7 Å². The van der Waals surface area contributed by atoms with Gasteiger partial charge in [-0.15, -0.1) is 0 Å². The van der Waals surface area contributed by atoms with E-state index in [9.17, 15) is 14.4 Å². The number of para-hydroxylation sites is 1. The van der Waals surface area contributed by atoms with Gasteiger partial charge in [-0.25, -0.2) is 0 Å². The van der Waals surface area contributed by atoms with Crippen molar-refractivity contribution in [2.24, 2.45) is 0 Å². The molecule has 1 atom stereocenters. The highest BCUT2D eigenvalue weighted by atomic mass is 16.2. The molecule has 3 heterocycles. The lowest BCUT2D eigenvalue weighted by Gasteiger charge is -2.42. The first kappa shape index (κ1) is 19.8. The molecule has 2 aromatic rings. The van der Waals surface area contributed by atoms with E-state index in [0.717, 1.165) is 16.2 Å². The van der Waals surface area contributed by atoms with E-state index in [1.807, 2.05) is 60.7 Å². The molecule has 5 rings (SSSR count). The normalized spacial score (nSPS) is 28.5. The first-order chi connectivity index (χ1) is 15.1. The van der Waals surface area contributed by atoms with Crippen molar-refractivity contribution in [3.63, 3.8) is 0 Å². The summed E-state index contributed by atoms with van der Waals surface area (Å²) in [5, 5.41) is 3.01. The number of likely N-dealkylation sites (tertiary alicyclic amines) is 2. The molecule has 0 aliphatic carbocycles. The van der Waals surface area contributed by atoms with Crippen LogP contribution in [-0.2, 0) is 20.9 Å². The second-order valence-electron chi connectivity index (χ2n) is 8.68. The summed E-state index contributed by atoms with van der Waals surface area (Å²) in [4.78, 5) is 43.2. The van der Waals surface area contributed by atoms with Gasteiger partial charge in [0.15, 0.2) is 6.04 Å². The fourth-order valence-electron chi connectivity index (χ4n) is 5.30. The molecule has 2 N–H and O–H groups in total. The van der Waals surface area contributed by atoms with Gasteiger partial charge in [0.1, 0.15) is 5.54 Å². The van der Waals surface area contributed by atoms with E-state index < -0.39 is 5.54 Å². The van der Waals surface area contributed by atoms with E-state index in [2.05, 4.69) is 10.2 Å². The Morgan fingerprint density at radius 1 is 0.935 bits per heavy atom. The molecule has 2 aromatic carbocycles. The third-order valence-corrected chi connectivity index (χ3v) is 7.04. The fraction of sp³-hybridized carbons (Fsp3) is 0.375. The maximum absolute atomic E-state index is 13.1. The molecule has 3 amide bonds. The van der Waals surface area contributed by atoms with Crippen LogP contribution in [0.5, 0.6) is 0 Å². The summed E-state index contributed by atoms with van der Waals surface area (Å²) >= 11 is 0. The summed E-state index contributed by atoms with van der Waals surface area (Å²) in [5.41, 5.74) is 1.42. The third kappa shape index (κ3) is 3.39. The molecule has 1 spiro atoms. The van der Waals surface area contributed by atoms with Gasteiger partial charge in [-0.1, -0.05) is 48.5 Å². The van der Waals surface area contributed by atoms with E-state index in [1.165, 1.54) is 4.90 Å². The number of quaternary nitrogens is 1. The maximum Gasteiger partial charge on any atom is 0.288 e. The number of carbonyl (C=O) groups is 3. The molecule has 3 aliphatic heterocycles. The minimum absolute atomic E-state index is 0.0648. The molecule has 7 nitrogen and oxygen atoms in total. The Kier molecular flexibility index (Phi) is 4.98. The molecule has 0 radical (unpaired) electrons. The molecule has 7 heteroatoms. The Morgan fingerprint density at radius 3 is 2.26 bits per heavy atom. The summed E-state index contributed by atoms with van der Waals surface area (Å²) in [6, 6.07) is 19.3. The second kappa shape index (κ2) is 7.81. The highest BCUT2D eigenvalue weighted by Gasteiger charge is 2.54. The molecule has 3 aliphatic rings. The van der Waals surface area contributed by atoms with Crippen molar-refractivity contribution < 1.29 is 19.3 Å². The van der Waals surface area contributed by atoms with Crippen LogP contribution in [0.1, 0.15) is 24.8 Å². The van der Waals surface area contributed by atoms with Gasteiger partial charge in [-0.05, 0) is 17.7 Å². The summed E-state index contributed by atoms with van der Waals surface area (Å²) in [5.74, 6) is -0.123. The lowest BCUT2D eigenvalue weighted by molar-refractivity contribution is -0.920. The number of nitrogens with one attached hydrogen (secondary N) is 2. The Labute approximate surface area is 181 Å². The number of nitrogens with zero attached hydrogens (tertiary/aromatic N) is 2. The standard InChI is InChI=1S/C24H26N4O3/c29-21-15-20(22(30)27(21)16-18-7-3-1-4-8-18)26-13-11-24(12-14-26)23(31)25-17-28(24)19-9-5-2-6-10-19/h1-10,20H,11-17H2,(H,25,31)/p+1/t20-/m0/s1. The van der Waals surface area contributed by atoms with E-state index in [0.29, 0.717) is 39.1 Å². The largest absolute Gasteiger partial charge is 0.339 e. The average molecular weight is 420 g/mol. The zero-order valence-corrected chi connectivity index (χ0v) is 17.4. The van der Waals surface area contributed by atoms with E-state index in [1.54, 1.807) is 0 Å². The lowest BCUT2D eigenvalue weighted by atomic mass is 9.85. The van der Waals surface area contributed by atoms with Crippen molar-refractivity contribution in [2.45, 2.75) is 37.4 Å². The Morgan fingerprint density at radius 2 is 1.58 bits per heavy atom. The third-order valence-electron chi connectivity index (χ3n) is 7.04. The molecular formula is C24H27N4O3+. The van der Waals surface area contributed by atoms with Crippen LogP contribution in [0.3, 0.4) is 0 Å². The smallest absolute Gasteiger partial charge is 0.288 e. The summed E-state index contributed by atoms with van der Waals surface area (Å²) in [6.45, 7) is 2.22. The molecule has 3 saturated heterocycles. The van der Waals surface area contributed by atoms with Gasteiger partial charge in [-0.2, -0.15) is 0 Å². The minimum Gasteiger partial charge on any atom is -0.339 e. The number of amides is 3. The Bertz CT molecular complexity index is 986. The van der Waals surface area contributed by atoms with Crippen LogP contribution in [0.2, 0.25) is 0 Å². The minimum atomic E-state index is -0.569. The quantitative estimate of drug-likeness (QED) is 0.701. The molecule has 0 saturated carbocycles. The van der Waals surface area contributed by atoms with Crippen LogP contribution in [0.15, 0.2) is 60.7 Å². The molecule has 0 unspecified atom stereocenters. The van der Waals surface area contributed by atoms with Crippen molar-refractivity contribution in [2.75, 3.05) is 24.7 Å². The molecule has 3 fully saturated rings. The highest BCUT2D eigenvalue weighted by Crippen LogP contribution is 2.34. The molecule has 31 heavy (non-hydrogen) atoms. The molecule has 160 valence electrons. The maximum atomic E-state index is 13.1. The lowest BCUT2D eigenvalue weighted by Crippen LogP contribution is -3.18.